The second-order valence-electron chi connectivity index (χ2n) is 4.41. The van der Waals surface area contributed by atoms with Crippen molar-refractivity contribution in [3.8, 4) is 5.75 Å². The van der Waals surface area contributed by atoms with E-state index in [-0.39, 0.29) is 6.04 Å². The molecule has 0 fully saturated rings. The minimum Gasteiger partial charge on any atom is -0.456 e. The molecule has 0 saturated carbocycles. The van der Waals surface area contributed by atoms with Gasteiger partial charge in [0.05, 0.1) is 0 Å². The van der Waals surface area contributed by atoms with Gasteiger partial charge in [-0.05, 0) is 31.3 Å². The molecule has 2 aliphatic rings. The van der Waals surface area contributed by atoms with Crippen LogP contribution in [0.4, 0.5) is 5.69 Å². The molecule has 3 rings (SSSR count). The maximum absolute atomic E-state index is 5.97. The molecule has 1 heterocycles. The summed E-state index contributed by atoms with van der Waals surface area (Å²) >= 11 is 0. The number of ether oxygens (including phenoxy) is 1. The minimum absolute atomic E-state index is 0.242. The van der Waals surface area contributed by atoms with E-state index < -0.39 is 0 Å². The lowest BCUT2D eigenvalue weighted by Gasteiger charge is -2.23. The average Bonchev–Trinajstić information content (AvgIpc) is 2.43. The molecule has 3 heteroatoms. The summed E-state index contributed by atoms with van der Waals surface area (Å²) in [6, 6.07) is 6.39. The number of benzene rings is 1. The number of fused-ring (bicyclic) bond motifs is 2. The second kappa shape index (κ2) is 4.35. The van der Waals surface area contributed by atoms with E-state index in [2.05, 4.69) is 47.1 Å². The van der Waals surface area contributed by atoms with Crippen molar-refractivity contribution < 1.29 is 4.74 Å². The van der Waals surface area contributed by atoms with Crippen molar-refractivity contribution >= 4 is 11.8 Å². The highest BCUT2D eigenvalue weighted by Gasteiger charge is 2.19. The van der Waals surface area contributed by atoms with Gasteiger partial charge >= 0.3 is 0 Å². The van der Waals surface area contributed by atoms with Crippen molar-refractivity contribution in [3.63, 3.8) is 0 Å². The van der Waals surface area contributed by atoms with Crippen LogP contribution in [-0.4, -0.2) is 20.1 Å². The molecular weight excluding hydrogens is 224 g/mol. The quantitative estimate of drug-likeness (QED) is 0.833. The molecule has 1 aliphatic heterocycles. The van der Waals surface area contributed by atoms with Crippen LogP contribution in [0.1, 0.15) is 5.56 Å². The molecule has 0 aromatic heterocycles. The molecule has 3 nitrogen and oxygen atoms in total. The van der Waals surface area contributed by atoms with Crippen molar-refractivity contribution in [2.45, 2.75) is 6.04 Å². The minimum atomic E-state index is 0.242. The zero-order valence-electron chi connectivity index (χ0n) is 10.5. The van der Waals surface area contributed by atoms with E-state index in [0.717, 1.165) is 28.3 Å². The van der Waals surface area contributed by atoms with E-state index in [9.17, 15) is 0 Å². The maximum Gasteiger partial charge on any atom is 0.136 e. The van der Waals surface area contributed by atoms with Crippen LogP contribution in [0.2, 0.25) is 0 Å². The van der Waals surface area contributed by atoms with Crippen LogP contribution >= 0.6 is 0 Å². The SMILES string of the molecule is CNc1ccc2c(c1)OC1=CC(NC)C=CC1=C2. The fourth-order valence-corrected chi connectivity index (χ4v) is 2.18. The van der Waals surface area contributed by atoms with Gasteiger partial charge in [0.2, 0.25) is 0 Å². The summed E-state index contributed by atoms with van der Waals surface area (Å²) < 4.78 is 5.97. The molecule has 0 radical (unpaired) electrons. The Labute approximate surface area is 107 Å². The van der Waals surface area contributed by atoms with Gasteiger partial charge in [0, 0.05) is 36.0 Å². The molecule has 0 amide bonds. The third-order valence-electron chi connectivity index (χ3n) is 3.27. The third-order valence-corrected chi connectivity index (χ3v) is 3.27. The molecule has 1 atom stereocenters. The third kappa shape index (κ3) is 1.83. The smallest absolute Gasteiger partial charge is 0.136 e. The Kier molecular flexibility index (Phi) is 2.68. The lowest BCUT2D eigenvalue weighted by atomic mass is 9.98. The summed E-state index contributed by atoms with van der Waals surface area (Å²) in [6.07, 6.45) is 8.49. The first-order chi connectivity index (χ1) is 8.80. The zero-order valence-corrected chi connectivity index (χ0v) is 10.5. The van der Waals surface area contributed by atoms with Gasteiger partial charge in [-0.1, -0.05) is 12.2 Å². The average molecular weight is 240 g/mol. The van der Waals surface area contributed by atoms with Gasteiger partial charge < -0.3 is 15.4 Å². The highest BCUT2D eigenvalue weighted by atomic mass is 16.5. The number of hydrogen-bond donors (Lipinski definition) is 2. The Morgan fingerprint density at radius 1 is 1.22 bits per heavy atom. The van der Waals surface area contributed by atoms with Gasteiger partial charge in [0.15, 0.2) is 0 Å². The molecule has 0 spiro atoms. The molecule has 0 bridgehead atoms. The van der Waals surface area contributed by atoms with Crippen LogP contribution in [0.15, 0.2) is 47.8 Å². The van der Waals surface area contributed by atoms with Crippen LogP contribution in [-0.2, 0) is 0 Å². The highest BCUT2D eigenvalue weighted by Crippen LogP contribution is 2.35. The standard InChI is InChI=1S/C15H16N2O/c1-16-12-5-3-10-7-11-4-6-13(17-2)9-15(11)18-14(10)8-12/h3-9,12,16-17H,1-2H3. The second-order valence-corrected chi connectivity index (χ2v) is 4.41. The number of anilines is 1. The lowest BCUT2D eigenvalue weighted by Crippen LogP contribution is -2.24. The number of nitrogens with one attached hydrogen (secondary N) is 2. The molecule has 1 aromatic rings. The molecule has 2 N–H and O–H groups in total. The monoisotopic (exact) mass is 240 g/mol. The number of hydrogen-bond acceptors (Lipinski definition) is 3. The Bertz CT molecular complexity index is 570. The largest absolute Gasteiger partial charge is 0.456 e. The fourth-order valence-electron chi connectivity index (χ4n) is 2.18. The van der Waals surface area contributed by atoms with Crippen molar-refractivity contribution in [3.05, 3.63) is 53.3 Å². The van der Waals surface area contributed by atoms with E-state index >= 15 is 0 Å². The van der Waals surface area contributed by atoms with Crippen molar-refractivity contribution in [1.29, 1.82) is 0 Å². The molecule has 0 saturated heterocycles. The molecule has 1 unspecified atom stereocenters. The van der Waals surface area contributed by atoms with Gasteiger partial charge in [-0.25, -0.2) is 0 Å². The summed E-state index contributed by atoms with van der Waals surface area (Å²) in [4.78, 5) is 0. The predicted molar refractivity (Wildman–Crippen MR) is 74.7 cm³/mol. The Morgan fingerprint density at radius 2 is 2.11 bits per heavy atom. The van der Waals surface area contributed by atoms with Gasteiger partial charge in [-0.3, -0.25) is 0 Å². The first-order valence-corrected chi connectivity index (χ1v) is 6.09. The van der Waals surface area contributed by atoms with E-state index in [1.807, 2.05) is 20.2 Å². The van der Waals surface area contributed by atoms with Crippen molar-refractivity contribution in [1.82, 2.24) is 5.32 Å². The van der Waals surface area contributed by atoms with E-state index in [1.165, 1.54) is 0 Å². The first kappa shape index (κ1) is 11.1. The maximum atomic E-state index is 5.97. The fraction of sp³-hybridized carbons (Fsp3) is 0.200. The molecular formula is C15H16N2O. The topological polar surface area (TPSA) is 33.3 Å². The molecule has 1 aliphatic carbocycles. The van der Waals surface area contributed by atoms with E-state index in [0.29, 0.717) is 0 Å². The van der Waals surface area contributed by atoms with Crippen LogP contribution < -0.4 is 15.4 Å². The van der Waals surface area contributed by atoms with Crippen LogP contribution in [0.5, 0.6) is 5.75 Å². The highest BCUT2D eigenvalue weighted by molar-refractivity contribution is 5.72. The van der Waals surface area contributed by atoms with Crippen molar-refractivity contribution in [2.24, 2.45) is 0 Å². The molecule has 1 aromatic carbocycles. The predicted octanol–water partition coefficient (Wildman–Crippen LogP) is 2.55. The zero-order chi connectivity index (χ0) is 12.5. The molecule has 18 heavy (non-hydrogen) atoms. The summed E-state index contributed by atoms with van der Waals surface area (Å²) in [5.41, 5.74) is 3.31. The summed E-state index contributed by atoms with van der Waals surface area (Å²) in [6.45, 7) is 0. The summed E-state index contributed by atoms with van der Waals surface area (Å²) in [5, 5.41) is 6.32. The summed E-state index contributed by atoms with van der Waals surface area (Å²) in [5.74, 6) is 1.83. The number of rotatable bonds is 2. The lowest BCUT2D eigenvalue weighted by molar-refractivity contribution is 0.427. The Morgan fingerprint density at radius 3 is 2.89 bits per heavy atom. The molecule has 92 valence electrons. The van der Waals surface area contributed by atoms with E-state index in [1.54, 1.807) is 0 Å². The van der Waals surface area contributed by atoms with Crippen molar-refractivity contribution in [2.75, 3.05) is 19.4 Å². The van der Waals surface area contributed by atoms with Gasteiger partial charge in [0.25, 0.3) is 0 Å². The van der Waals surface area contributed by atoms with Crippen LogP contribution in [0.3, 0.4) is 0 Å². The van der Waals surface area contributed by atoms with Gasteiger partial charge in [-0.15, -0.1) is 0 Å². The van der Waals surface area contributed by atoms with Crippen LogP contribution in [0, 0.1) is 0 Å². The van der Waals surface area contributed by atoms with Gasteiger partial charge in [-0.2, -0.15) is 0 Å². The Balaban J connectivity index is 2.02. The number of allylic oxidation sites excluding steroid dienone is 1. The normalized spacial score (nSPS) is 20.2. The number of likely N-dealkylation sites (N-methyl/N-ethyl adjacent to an activating group) is 1. The van der Waals surface area contributed by atoms with Gasteiger partial charge in [0.1, 0.15) is 11.5 Å². The van der Waals surface area contributed by atoms with E-state index in [4.69, 9.17) is 4.74 Å². The first-order valence-electron chi connectivity index (χ1n) is 6.09. The Hall–Kier alpha value is -2.00. The summed E-state index contributed by atoms with van der Waals surface area (Å²) in [7, 11) is 3.85. The van der Waals surface area contributed by atoms with Crippen LogP contribution in [0.25, 0.3) is 6.08 Å².